The second kappa shape index (κ2) is 5.22. The molecule has 17 heavy (non-hydrogen) atoms. The van der Waals surface area contributed by atoms with Gasteiger partial charge in [-0.15, -0.1) is 0 Å². The third kappa shape index (κ3) is 2.65. The summed E-state index contributed by atoms with van der Waals surface area (Å²) < 4.78 is 5.46. The van der Waals surface area contributed by atoms with Crippen LogP contribution < -0.4 is 5.73 Å². The normalized spacial score (nSPS) is 40.4. The molecule has 0 aromatic carbocycles. The molecule has 3 atom stereocenters. The minimum atomic E-state index is 0.263. The molecule has 3 aliphatic rings. The van der Waals surface area contributed by atoms with Crippen LogP contribution >= 0.6 is 0 Å². The number of hydrogen-bond donors (Lipinski definition) is 1. The van der Waals surface area contributed by atoms with Crippen LogP contribution in [0.5, 0.6) is 0 Å². The fourth-order valence-electron chi connectivity index (χ4n) is 3.52. The maximum atomic E-state index is 6.07. The molecule has 0 spiro atoms. The summed E-state index contributed by atoms with van der Waals surface area (Å²) in [5, 5.41) is 0. The van der Waals surface area contributed by atoms with Crippen molar-refractivity contribution in [3.63, 3.8) is 0 Å². The van der Waals surface area contributed by atoms with E-state index in [0.29, 0.717) is 5.92 Å². The van der Waals surface area contributed by atoms with Crippen LogP contribution in [0.25, 0.3) is 0 Å². The average Bonchev–Trinajstić information content (AvgIpc) is 2.75. The smallest absolute Gasteiger partial charge is 0.0621 e. The summed E-state index contributed by atoms with van der Waals surface area (Å²) in [6, 6.07) is 1.08. The highest BCUT2D eigenvalue weighted by Gasteiger charge is 2.32. The maximum absolute atomic E-state index is 6.07. The number of rotatable bonds is 2. The third-order valence-electron chi connectivity index (χ3n) is 4.66. The predicted octanol–water partition coefficient (Wildman–Crippen LogP) is 0.130. The van der Waals surface area contributed by atoms with Gasteiger partial charge < -0.3 is 15.4 Å². The molecule has 4 nitrogen and oxygen atoms in total. The molecule has 98 valence electrons. The average molecular weight is 239 g/mol. The first-order valence-electron chi connectivity index (χ1n) is 7.12. The van der Waals surface area contributed by atoms with Crippen molar-refractivity contribution in [3.8, 4) is 0 Å². The fraction of sp³-hybridized carbons (Fsp3) is 1.00. The van der Waals surface area contributed by atoms with Gasteiger partial charge in [0.25, 0.3) is 0 Å². The highest BCUT2D eigenvalue weighted by atomic mass is 16.5. The van der Waals surface area contributed by atoms with Crippen molar-refractivity contribution in [3.05, 3.63) is 0 Å². The predicted molar refractivity (Wildman–Crippen MR) is 67.9 cm³/mol. The van der Waals surface area contributed by atoms with Gasteiger partial charge in [-0.25, -0.2) is 0 Å². The fourth-order valence-corrected chi connectivity index (χ4v) is 3.52. The van der Waals surface area contributed by atoms with Crippen molar-refractivity contribution >= 4 is 0 Å². The Balaban J connectivity index is 1.51. The van der Waals surface area contributed by atoms with Crippen molar-refractivity contribution in [2.24, 2.45) is 11.7 Å². The van der Waals surface area contributed by atoms with E-state index in [2.05, 4.69) is 9.80 Å². The Morgan fingerprint density at radius 1 is 1.12 bits per heavy atom. The number of hydrogen-bond acceptors (Lipinski definition) is 4. The third-order valence-corrected chi connectivity index (χ3v) is 4.66. The van der Waals surface area contributed by atoms with Gasteiger partial charge in [0.05, 0.1) is 13.2 Å². The molecule has 0 bridgehead atoms. The Kier molecular flexibility index (Phi) is 3.66. The Bertz CT molecular complexity index is 261. The lowest BCUT2D eigenvalue weighted by Crippen LogP contribution is -2.56. The van der Waals surface area contributed by atoms with E-state index in [-0.39, 0.29) is 6.04 Å². The van der Waals surface area contributed by atoms with Crippen molar-refractivity contribution in [2.75, 3.05) is 45.9 Å². The van der Waals surface area contributed by atoms with Crippen LogP contribution in [-0.2, 0) is 4.74 Å². The Morgan fingerprint density at radius 2 is 2.06 bits per heavy atom. The highest BCUT2D eigenvalue weighted by Crippen LogP contribution is 2.22. The zero-order chi connectivity index (χ0) is 11.7. The van der Waals surface area contributed by atoms with Crippen molar-refractivity contribution in [1.29, 1.82) is 0 Å². The molecule has 0 aromatic heterocycles. The Morgan fingerprint density at radius 3 is 2.88 bits per heavy atom. The standard InChI is InChI=1S/C13H25N3O/c14-13-10-17-9-11(13)7-15-5-6-16-4-2-1-3-12(16)8-15/h11-13H,1-10,14H2. The highest BCUT2D eigenvalue weighted by molar-refractivity contribution is 4.88. The molecule has 3 heterocycles. The van der Waals surface area contributed by atoms with Crippen molar-refractivity contribution in [1.82, 2.24) is 9.80 Å². The van der Waals surface area contributed by atoms with Gasteiger partial charge >= 0.3 is 0 Å². The summed E-state index contributed by atoms with van der Waals surface area (Å²) in [4.78, 5) is 5.30. The molecule has 4 heteroatoms. The Labute approximate surface area is 104 Å². The van der Waals surface area contributed by atoms with Gasteiger partial charge in [-0.2, -0.15) is 0 Å². The monoisotopic (exact) mass is 239 g/mol. The molecule has 3 unspecified atom stereocenters. The van der Waals surface area contributed by atoms with Crippen LogP contribution in [0.15, 0.2) is 0 Å². The number of fused-ring (bicyclic) bond motifs is 1. The molecular weight excluding hydrogens is 214 g/mol. The van der Waals surface area contributed by atoms with E-state index in [1.54, 1.807) is 0 Å². The van der Waals surface area contributed by atoms with E-state index in [1.807, 2.05) is 0 Å². The summed E-state index contributed by atoms with van der Waals surface area (Å²) >= 11 is 0. The molecule has 3 rings (SSSR count). The van der Waals surface area contributed by atoms with Gasteiger partial charge in [-0.05, 0) is 19.4 Å². The molecule has 0 saturated carbocycles. The largest absolute Gasteiger partial charge is 0.379 e. The molecule has 3 fully saturated rings. The van der Waals surface area contributed by atoms with Gasteiger partial charge in [0.1, 0.15) is 0 Å². The summed E-state index contributed by atoms with van der Waals surface area (Å²) in [7, 11) is 0. The van der Waals surface area contributed by atoms with Crippen LogP contribution in [0, 0.1) is 5.92 Å². The van der Waals surface area contributed by atoms with Gasteiger partial charge in [0.15, 0.2) is 0 Å². The van der Waals surface area contributed by atoms with Gasteiger partial charge in [-0.3, -0.25) is 4.90 Å². The van der Waals surface area contributed by atoms with E-state index >= 15 is 0 Å². The summed E-state index contributed by atoms with van der Waals surface area (Å²) in [5.41, 5.74) is 6.07. The maximum Gasteiger partial charge on any atom is 0.0621 e. The number of piperidine rings is 1. The van der Waals surface area contributed by atoms with Crippen LogP contribution in [0.2, 0.25) is 0 Å². The van der Waals surface area contributed by atoms with E-state index in [4.69, 9.17) is 10.5 Å². The van der Waals surface area contributed by atoms with Crippen LogP contribution in [0.4, 0.5) is 0 Å². The number of nitrogens with two attached hydrogens (primary N) is 1. The first-order valence-corrected chi connectivity index (χ1v) is 7.12. The number of ether oxygens (including phenoxy) is 1. The van der Waals surface area contributed by atoms with Gasteiger partial charge in [0.2, 0.25) is 0 Å². The number of piperazine rings is 1. The van der Waals surface area contributed by atoms with Crippen LogP contribution in [0.3, 0.4) is 0 Å². The zero-order valence-corrected chi connectivity index (χ0v) is 10.7. The SMILES string of the molecule is NC1COCC1CN1CCN2CCCCC2C1. The van der Waals surface area contributed by atoms with Gasteiger partial charge in [0, 0.05) is 44.2 Å². The summed E-state index contributed by atoms with van der Waals surface area (Å²) in [6.07, 6.45) is 4.21. The second-order valence-corrected chi connectivity index (χ2v) is 5.91. The van der Waals surface area contributed by atoms with E-state index in [1.165, 1.54) is 45.4 Å². The van der Waals surface area contributed by atoms with Crippen molar-refractivity contribution in [2.45, 2.75) is 31.3 Å². The Hall–Kier alpha value is -0.160. The minimum Gasteiger partial charge on any atom is -0.379 e. The second-order valence-electron chi connectivity index (χ2n) is 5.91. The molecule has 0 radical (unpaired) electrons. The minimum absolute atomic E-state index is 0.263. The molecule has 0 aromatic rings. The van der Waals surface area contributed by atoms with Crippen molar-refractivity contribution < 1.29 is 4.74 Å². The van der Waals surface area contributed by atoms with E-state index < -0.39 is 0 Å². The molecule has 0 aliphatic carbocycles. The van der Waals surface area contributed by atoms with E-state index in [9.17, 15) is 0 Å². The summed E-state index contributed by atoms with van der Waals surface area (Å²) in [5.74, 6) is 0.560. The topological polar surface area (TPSA) is 41.7 Å². The lowest BCUT2D eigenvalue weighted by molar-refractivity contribution is 0.0398. The summed E-state index contributed by atoms with van der Waals surface area (Å²) in [6.45, 7) is 7.83. The van der Waals surface area contributed by atoms with Crippen LogP contribution in [-0.4, -0.2) is 67.8 Å². The first kappa shape index (κ1) is 11.9. The van der Waals surface area contributed by atoms with Gasteiger partial charge in [-0.1, -0.05) is 6.42 Å². The van der Waals surface area contributed by atoms with E-state index in [0.717, 1.165) is 25.8 Å². The molecule has 0 amide bonds. The first-order chi connectivity index (χ1) is 8.33. The molecule has 3 aliphatic heterocycles. The molecular formula is C13H25N3O. The molecule has 2 N–H and O–H groups in total. The molecule has 3 saturated heterocycles. The lowest BCUT2D eigenvalue weighted by atomic mass is 9.97. The van der Waals surface area contributed by atoms with Crippen LogP contribution in [0.1, 0.15) is 19.3 Å². The number of nitrogens with zero attached hydrogens (tertiary/aromatic N) is 2. The lowest BCUT2D eigenvalue weighted by Gasteiger charge is -2.44. The quantitative estimate of drug-likeness (QED) is 0.744. The zero-order valence-electron chi connectivity index (χ0n) is 10.7.